The Morgan fingerprint density at radius 2 is 2.03 bits per heavy atom. The number of ether oxygens (including phenoxy) is 1. The number of benzene rings is 1. The van der Waals surface area contributed by atoms with Gasteiger partial charge >= 0.3 is 0 Å². The van der Waals surface area contributed by atoms with Gasteiger partial charge in [-0.2, -0.15) is 4.31 Å². The van der Waals surface area contributed by atoms with Crippen LogP contribution < -0.4 is 15.4 Å². The van der Waals surface area contributed by atoms with Crippen molar-refractivity contribution in [1.29, 1.82) is 0 Å². The summed E-state index contributed by atoms with van der Waals surface area (Å²) in [5, 5.41) is 5.26. The minimum Gasteiger partial charge on any atom is -0.479 e. The number of nitrogens with one attached hydrogen (secondary N) is 2. The molecule has 0 saturated heterocycles. The molecule has 0 spiro atoms. The predicted octanol–water partition coefficient (Wildman–Crippen LogP) is 1.68. The summed E-state index contributed by atoms with van der Waals surface area (Å²) in [5.41, 5.74) is 1.57. The van der Waals surface area contributed by atoms with Crippen molar-refractivity contribution < 1.29 is 22.7 Å². The first-order valence-electron chi connectivity index (χ1n) is 8.90. The molecule has 2 amide bonds. The van der Waals surface area contributed by atoms with E-state index in [-0.39, 0.29) is 23.1 Å². The van der Waals surface area contributed by atoms with E-state index in [1.54, 1.807) is 39.0 Å². The Hall–Kier alpha value is -2.98. The number of aromatic nitrogens is 1. The van der Waals surface area contributed by atoms with Gasteiger partial charge in [0.05, 0.1) is 17.1 Å². The van der Waals surface area contributed by atoms with E-state index in [0.717, 1.165) is 10.00 Å². The number of nitrogens with zero attached hydrogens (tertiary/aromatic N) is 2. The first-order valence-corrected chi connectivity index (χ1v) is 10.3. The molecule has 154 valence electrons. The minimum absolute atomic E-state index is 0.00331. The second-order valence-electron chi connectivity index (χ2n) is 6.84. The lowest BCUT2D eigenvalue weighted by atomic mass is 10.1. The van der Waals surface area contributed by atoms with E-state index in [1.165, 1.54) is 19.2 Å². The van der Waals surface area contributed by atoms with Crippen LogP contribution in [0.2, 0.25) is 0 Å². The van der Waals surface area contributed by atoms with Crippen molar-refractivity contribution in [1.82, 2.24) is 9.29 Å². The van der Waals surface area contributed by atoms with Crippen molar-refractivity contribution in [2.24, 2.45) is 0 Å². The molecule has 1 aliphatic rings. The Labute approximate surface area is 169 Å². The molecule has 0 bridgehead atoms. The standard InChI is InChI=1S/C19H22N4O5S/c1-11-8-14-15(28-13(3)19(25)21-14)9-16(11)29(26,27)23(4)10-18(24)22-17-7-5-6-12(2)20-17/h5-9,13H,10H2,1-4H3,(H,21,25)(H,20,22,24). The summed E-state index contributed by atoms with van der Waals surface area (Å²) in [7, 11) is -2.65. The quantitative estimate of drug-likeness (QED) is 0.763. The molecule has 0 saturated carbocycles. The van der Waals surface area contributed by atoms with Crippen molar-refractivity contribution >= 4 is 33.3 Å². The number of pyridine rings is 1. The number of anilines is 2. The molecule has 2 N–H and O–H groups in total. The summed E-state index contributed by atoms with van der Waals surface area (Å²) in [6.45, 7) is 4.59. The number of sulfonamides is 1. The Morgan fingerprint density at radius 3 is 2.72 bits per heavy atom. The first-order chi connectivity index (χ1) is 13.6. The summed E-state index contributed by atoms with van der Waals surface area (Å²) in [6, 6.07) is 8.06. The molecule has 1 aromatic heterocycles. The maximum Gasteiger partial charge on any atom is 0.265 e. The number of hydrogen-bond acceptors (Lipinski definition) is 6. The summed E-state index contributed by atoms with van der Waals surface area (Å²) >= 11 is 0. The molecule has 2 aromatic rings. The average Bonchev–Trinajstić information content (AvgIpc) is 2.62. The Kier molecular flexibility index (Phi) is 5.58. The van der Waals surface area contributed by atoms with Gasteiger partial charge in [-0.05, 0) is 44.5 Å². The Balaban J connectivity index is 1.80. The fourth-order valence-electron chi connectivity index (χ4n) is 2.87. The van der Waals surface area contributed by atoms with Crippen LogP contribution in [-0.4, -0.2) is 49.2 Å². The largest absolute Gasteiger partial charge is 0.479 e. The molecule has 1 atom stereocenters. The van der Waals surface area contributed by atoms with Crippen LogP contribution in [0.1, 0.15) is 18.2 Å². The number of likely N-dealkylation sites (N-methyl/N-ethyl adjacent to an activating group) is 1. The molecule has 1 aromatic carbocycles. The summed E-state index contributed by atoms with van der Waals surface area (Å²) in [5.74, 6) is -0.194. The molecule has 1 aliphatic heterocycles. The van der Waals surface area contributed by atoms with Crippen LogP contribution in [0.5, 0.6) is 5.75 Å². The third kappa shape index (κ3) is 4.38. The third-order valence-corrected chi connectivity index (χ3v) is 6.36. The van der Waals surface area contributed by atoms with Gasteiger partial charge in [-0.3, -0.25) is 9.59 Å². The van der Waals surface area contributed by atoms with Gasteiger partial charge in [0.15, 0.2) is 6.10 Å². The van der Waals surface area contributed by atoms with E-state index in [4.69, 9.17) is 4.74 Å². The van der Waals surface area contributed by atoms with Crippen LogP contribution in [0.25, 0.3) is 0 Å². The van der Waals surface area contributed by atoms with Gasteiger partial charge in [0.1, 0.15) is 11.6 Å². The van der Waals surface area contributed by atoms with Gasteiger partial charge in [-0.25, -0.2) is 13.4 Å². The molecule has 0 radical (unpaired) electrons. The smallest absolute Gasteiger partial charge is 0.265 e. The molecule has 29 heavy (non-hydrogen) atoms. The van der Waals surface area contributed by atoms with Crippen molar-refractivity contribution in [2.75, 3.05) is 24.2 Å². The van der Waals surface area contributed by atoms with E-state index in [2.05, 4.69) is 15.6 Å². The normalized spacial score (nSPS) is 16.0. The van der Waals surface area contributed by atoms with Crippen LogP contribution in [-0.2, 0) is 19.6 Å². The first kappa shape index (κ1) is 20.7. The number of aryl methyl sites for hydroxylation is 2. The van der Waals surface area contributed by atoms with Gasteiger partial charge in [0.2, 0.25) is 15.9 Å². The molecule has 2 heterocycles. The molecular formula is C19H22N4O5S. The number of amides is 2. The number of rotatable bonds is 5. The summed E-state index contributed by atoms with van der Waals surface area (Å²) in [4.78, 5) is 28.2. The number of carbonyl (C=O) groups excluding carboxylic acids is 2. The molecule has 1 unspecified atom stereocenters. The Bertz CT molecular complexity index is 1080. The minimum atomic E-state index is -3.97. The zero-order chi connectivity index (χ0) is 21.3. The predicted molar refractivity (Wildman–Crippen MR) is 107 cm³/mol. The SMILES string of the molecule is Cc1cccc(NC(=O)CN(C)S(=O)(=O)c2cc3c(cc2C)NC(=O)C(C)O3)n1. The van der Waals surface area contributed by atoms with Gasteiger partial charge < -0.3 is 15.4 Å². The Morgan fingerprint density at radius 1 is 1.31 bits per heavy atom. The number of hydrogen-bond donors (Lipinski definition) is 2. The average molecular weight is 418 g/mol. The van der Waals surface area contributed by atoms with Crippen LogP contribution in [0.3, 0.4) is 0 Å². The second-order valence-corrected chi connectivity index (χ2v) is 8.85. The molecule has 10 heteroatoms. The third-order valence-electron chi connectivity index (χ3n) is 4.42. The van der Waals surface area contributed by atoms with Crippen molar-refractivity contribution in [3.63, 3.8) is 0 Å². The van der Waals surface area contributed by atoms with Gasteiger partial charge in [-0.1, -0.05) is 6.07 Å². The van der Waals surface area contributed by atoms with Crippen molar-refractivity contribution in [3.05, 3.63) is 41.6 Å². The highest BCUT2D eigenvalue weighted by molar-refractivity contribution is 7.89. The van der Waals surface area contributed by atoms with E-state index < -0.39 is 22.0 Å². The summed E-state index contributed by atoms with van der Waals surface area (Å²) in [6.07, 6.45) is -0.730. The van der Waals surface area contributed by atoms with Crippen LogP contribution in [0.15, 0.2) is 35.2 Å². The number of fused-ring (bicyclic) bond motifs is 1. The highest BCUT2D eigenvalue weighted by Crippen LogP contribution is 2.35. The zero-order valence-electron chi connectivity index (χ0n) is 16.5. The van der Waals surface area contributed by atoms with E-state index in [0.29, 0.717) is 17.1 Å². The molecule has 0 aliphatic carbocycles. The van der Waals surface area contributed by atoms with Gasteiger partial charge in [0, 0.05) is 18.8 Å². The van der Waals surface area contributed by atoms with E-state index in [9.17, 15) is 18.0 Å². The van der Waals surface area contributed by atoms with Crippen LogP contribution >= 0.6 is 0 Å². The van der Waals surface area contributed by atoms with E-state index >= 15 is 0 Å². The van der Waals surface area contributed by atoms with Crippen LogP contribution in [0, 0.1) is 13.8 Å². The lowest BCUT2D eigenvalue weighted by Crippen LogP contribution is -2.36. The van der Waals surface area contributed by atoms with Crippen molar-refractivity contribution in [2.45, 2.75) is 31.8 Å². The maximum absolute atomic E-state index is 13.0. The number of carbonyl (C=O) groups is 2. The fraction of sp³-hybridized carbons (Fsp3) is 0.316. The lowest BCUT2D eigenvalue weighted by Gasteiger charge is -2.25. The highest BCUT2D eigenvalue weighted by Gasteiger charge is 2.30. The van der Waals surface area contributed by atoms with Gasteiger partial charge in [0.25, 0.3) is 5.91 Å². The monoisotopic (exact) mass is 418 g/mol. The second kappa shape index (κ2) is 7.80. The topological polar surface area (TPSA) is 118 Å². The highest BCUT2D eigenvalue weighted by atomic mass is 32.2. The molecular weight excluding hydrogens is 396 g/mol. The molecule has 3 rings (SSSR count). The fourth-order valence-corrected chi connectivity index (χ4v) is 4.22. The van der Waals surface area contributed by atoms with Gasteiger partial charge in [-0.15, -0.1) is 0 Å². The summed E-state index contributed by atoms with van der Waals surface area (Å²) < 4.78 is 32.5. The zero-order valence-corrected chi connectivity index (χ0v) is 17.3. The lowest BCUT2D eigenvalue weighted by molar-refractivity contribution is -0.122. The molecule has 9 nitrogen and oxygen atoms in total. The van der Waals surface area contributed by atoms with E-state index in [1.807, 2.05) is 0 Å². The maximum atomic E-state index is 13.0. The van der Waals surface area contributed by atoms with Crippen molar-refractivity contribution in [3.8, 4) is 5.75 Å². The van der Waals surface area contributed by atoms with Crippen LogP contribution in [0.4, 0.5) is 11.5 Å². The molecule has 0 fully saturated rings.